The van der Waals surface area contributed by atoms with E-state index in [1.165, 1.54) is 12.0 Å². The maximum absolute atomic E-state index is 5.86. The second kappa shape index (κ2) is 5.05. The van der Waals surface area contributed by atoms with Crippen LogP contribution in [0.5, 0.6) is 5.75 Å². The molecule has 3 nitrogen and oxygen atoms in total. The van der Waals surface area contributed by atoms with Gasteiger partial charge in [-0.25, -0.2) is 0 Å². The van der Waals surface area contributed by atoms with Gasteiger partial charge in [0.2, 0.25) is 0 Å². The van der Waals surface area contributed by atoms with Crippen molar-refractivity contribution in [1.29, 1.82) is 0 Å². The zero-order valence-corrected chi connectivity index (χ0v) is 12.8. The molecule has 20 heavy (non-hydrogen) atoms. The molecule has 2 aliphatic rings. The molecular weight excluding hydrogens is 250 g/mol. The van der Waals surface area contributed by atoms with Crippen LogP contribution in [0.2, 0.25) is 0 Å². The molecule has 2 fully saturated rings. The van der Waals surface area contributed by atoms with Gasteiger partial charge in [0.05, 0.1) is 13.2 Å². The summed E-state index contributed by atoms with van der Waals surface area (Å²) < 4.78 is 11.2. The van der Waals surface area contributed by atoms with Gasteiger partial charge in [0.1, 0.15) is 5.75 Å². The highest BCUT2D eigenvalue weighted by Gasteiger charge is 2.59. The summed E-state index contributed by atoms with van der Waals surface area (Å²) in [6.07, 6.45) is 1.63. The van der Waals surface area contributed by atoms with Crippen molar-refractivity contribution in [2.24, 2.45) is 11.3 Å². The quantitative estimate of drug-likeness (QED) is 0.915. The van der Waals surface area contributed by atoms with E-state index in [9.17, 15) is 0 Å². The molecule has 4 atom stereocenters. The largest absolute Gasteiger partial charge is 0.497 e. The summed E-state index contributed by atoms with van der Waals surface area (Å²) in [6.45, 7) is 7.78. The van der Waals surface area contributed by atoms with E-state index < -0.39 is 0 Å². The van der Waals surface area contributed by atoms with Gasteiger partial charge in [-0.1, -0.05) is 26.0 Å². The average molecular weight is 275 g/mol. The molecule has 0 amide bonds. The standard InChI is InChI=1S/C17H25NO2/c1-11(12-6-5-7-13(10-12)19-4)18-15-14-8-9-20-16(14)17(15,2)3/h5-7,10-11,14-16,18H,8-9H2,1-4H3. The molecule has 3 heteroatoms. The maximum atomic E-state index is 5.86. The molecule has 1 aromatic rings. The highest BCUT2D eigenvalue weighted by Crippen LogP contribution is 2.52. The SMILES string of the molecule is COc1cccc(C(C)NC2C3CCOC3C2(C)C)c1. The van der Waals surface area contributed by atoms with Gasteiger partial charge in [0.25, 0.3) is 0 Å². The Hall–Kier alpha value is -1.06. The van der Waals surface area contributed by atoms with E-state index in [-0.39, 0.29) is 5.41 Å². The smallest absolute Gasteiger partial charge is 0.119 e. The Bertz CT molecular complexity index is 486. The third-order valence-electron chi connectivity index (χ3n) is 5.12. The number of hydrogen-bond acceptors (Lipinski definition) is 3. The van der Waals surface area contributed by atoms with Crippen LogP contribution in [-0.2, 0) is 4.74 Å². The number of rotatable bonds is 4. The fraction of sp³-hybridized carbons (Fsp3) is 0.647. The summed E-state index contributed by atoms with van der Waals surface area (Å²) in [4.78, 5) is 0. The van der Waals surface area contributed by atoms with Crippen LogP contribution in [0, 0.1) is 11.3 Å². The Balaban J connectivity index is 1.71. The Labute approximate surface area is 121 Å². The summed E-state index contributed by atoms with van der Waals surface area (Å²) in [7, 11) is 1.71. The third kappa shape index (κ3) is 2.13. The number of benzene rings is 1. The number of ether oxygens (including phenoxy) is 2. The molecular formula is C17H25NO2. The molecule has 0 aromatic heterocycles. The number of methoxy groups -OCH3 is 1. The Morgan fingerprint density at radius 2 is 2.20 bits per heavy atom. The fourth-order valence-electron chi connectivity index (χ4n) is 3.94. The Kier molecular flexibility index (Phi) is 3.51. The van der Waals surface area contributed by atoms with E-state index in [0.29, 0.717) is 24.1 Å². The topological polar surface area (TPSA) is 30.5 Å². The van der Waals surface area contributed by atoms with Gasteiger partial charge in [-0.3, -0.25) is 0 Å². The molecule has 1 N–H and O–H groups in total. The molecule has 0 spiro atoms. The average Bonchev–Trinajstić information content (AvgIpc) is 2.91. The first-order valence-corrected chi connectivity index (χ1v) is 7.55. The molecule has 3 rings (SSSR count). The zero-order valence-electron chi connectivity index (χ0n) is 12.8. The number of hydrogen-bond donors (Lipinski definition) is 1. The van der Waals surface area contributed by atoms with Crippen molar-refractivity contribution in [3.05, 3.63) is 29.8 Å². The van der Waals surface area contributed by atoms with Crippen molar-refractivity contribution in [2.45, 2.75) is 45.4 Å². The lowest BCUT2D eigenvalue weighted by Crippen LogP contribution is -2.66. The van der Waals surface area contributed by atoms with Crippen LogP contribution in [0.1, 0.15) is 38.8 Å². The minimum Gasteiger partial charge on any atom is -0.497 e. The first kappa shape index (κ1) is 13.9. The first-order chi connectivity index (χ1) is 9.54. The van der Waals surface area contributed by atoms with E-state index in [2.05, 4.69) is 44.3 Å². The molecule has 1 saturated heterocycles. The normalized spacial score (nSPS) is 32.3. The van der Waals surface area contributed by atoms with Gasteiger partial charge >= 0.3 is 0 Å². The number of nitrogens with one attached hydrogen (secondary N) is 1. The highest BCUT2D eigenvalue weighted by molar-refractivity contribution is 5.30. The van der Waals surface area contributed by atoms with Gasteiger partial charge in [0, 0.05) is 30.0 Å². The lowest BCUT2D eigenvalue weighted by Gasteiger charge is -2.55. The van der Waals surface area contributed by atoms with Gasteiger partial charge in [-0.05, 0) is 31.0 Å². The third-order valence-corrected chi connectivity index (χ3v) is 5.12. The molecule has 4 unspecified atom stereocenters. The molecule has 1 aromatic carbocycles. The molecule has 1 aliphatic heterocycles. The molecule has 1 aliphatic carbocycles. The van der Waals surface area contributed by atoms with Crippen molar-refractivity contribution < 1.29 is 9.47 Å². The lowest BCUT2D eigenvalue weighted by atomic mass is 9.57. The predicted octanol–water partition coefficient (Wildman–Crippen LogP) is 3.16. The van der Waals surface area contributed by atoms with Crippen LogP contribution in [-0.4, -0.2) is 25.9 Å². The van der Waals surface area contributed by atoms with Crippen LogP contribution in [0.25, 0.3) is 0 Å². The second-order valence-corrected chi connectivity index (χ2v) is 6.71. The van der Waals surface area contributed by atoms with E-state index in [1.54, 1.807) is 7.11 Å². The van der Waals surface area contributed by atoms with Crippen molar-refractivity contribution in [3.63, 3.8) is 0 Å². The Morgan fingerprint density at radius 3 is 2.95 bits per heavy atom. The fourth-order valence-corrected chi connectivity index (χ4v) is 3.94. The van der Waals surface area contributed by atoms with E-state index in [0.717, 1.165) is 12.4 Å². The minimum absolute atomic E-state index is 0.230. The summed E-state index contributed by atoms with van der Waals surface area (Å²) in [6, 6.07) is 9.19. The van der Waals surface area contributed by atoms with Crippen molar-refractivity contribution >= 4 is 0 Å². The van der Waals surface area contributed by atoms with Gasteiger partial charge < -0.3 is 14.8 Å². The summed E-state index contributed by atoms with van der Waals surface area (Å²) in [5, 5.41) is 3.81. The number of fused-ring (bicyclic) bond motifs is 1. The van der Waals surface area contributed by atoms with Gasteiger partial charge in [-0.15, -0.1) is 0 Å². The maximum Gasteiger partial charge on any atom is 0.119 e. The highest BCUT2D eigenvalue weighted by atomic mass is 16.5. The zero-order chi connectivity index (χ0) is 14.3. The van der Waals surface area contributed by atoms with Crippen molar-refractivity contribution in [2.75, 3.05) is 13.7 Å². The summed E-state index contributed by atoms with van der Waals surface area (Å²) in [5.41, 5.74) is 1.51. The van der Waals surface area contributed by atoms with Crippen LogP contribution >= 0.6 is 0 Å². The molecule has 0 bridgehead atoms. The van der Waals surface area contributed by atoms with Crippen molar-refractivity contribution in [3.8, 4) is 5.75 Å². The minimum atomic E-state index is 0.230. The second-order valence-electron chi connectivity index (χ2n) is 6.71. The summed E-state index contributed by atoms with van der Waals surface area (Å²) >= 11 is 0. The van der Waals surface area contributed by atoms with Crippen LogP contribution in [0.15, 0.2) is 24.3 Å². The molecule has 1 heterocycles. The summed E-state index contributed by atoms with van der Waals surface area (Å²) in [5.74, 6) is 1.60. The molecule has 110 valence electrons. The van der Waals surface area contributed by atoms with Crippen LogP contribution < -0.4 is 10.1 Å². The van der Waals surface area contributed by atoms with Crippen LogP contribution in [0.4, 0.5) is 0 Å². The monoisotopic (exact) mass is 275 g/mol. The Morgan fingerprint density at radius 1 is 1.40 bits per heavy atom. The molecule has 1 saturated carbocycles. The van der Waals surface area contributed by atoms with Crippen LogP contribution in [0.3, 0.4) is 0 Å². The predicted molar refractivity (Wildman–Crippen MR) is 80.0 cm³/mol. The molecule has 0 radical (unpaired) electrons. The van der Waals surface area contributed by atoms with E-state index in [1.807, 2.05) is 6.07 Å². The van der Waals surface area contributed by atoms with Gasteiger partial charge in [-0.2, -0.15) is 0 Å². The first-order valence-electron chi connectivity index (χ1n) is 7.55. The van der Waals surface area contributed by atoms with Gasteiger partial charge in [0.15, 0.2) is 0 Å². The van der Waals surface area contributed by atoms with Crippen molar-refractivity contribution in [1.82, 2.24) is 5.32 Å². The van der Waals surface area contributed by atoms with E-state index >= 15 is 0 Å². The van der Waals surface area contributed by atoms with E-state index in [4.69, 9.17) is 9.47 Å². The lowest BCUT2D eigenvalue weighted by molar-refractivity contribution is -0.115.